The van der Waals surface area contributed by atoms with E-state index in [9.17, 15) is 9.90 Å². The monoisotopic (exact) mass is 169 g/mol. The van der Waals surface area contributed by atoms with Crippen molar-refractivity contribution in [3.05, 3.63) is 12.2 Å². The van der Waals surface area contributed by atoms with E-state index in [0.717, 1.165) is 6.42 Å². The number of rotatable bonds is 2. The summed E-state index contributed by atoms with van der Waals surface area (Å²) in [5.74, 6) is -0.0897. The molecule has 3 nitrogen and oxygen atoms in total. The number of amides is 1. The first-order valence-corrected chi connectivity index (χ1v) is 4.28. The van der Waals surface area contributed by atoms with Crippen molar-refractivity contribution in [2.24, 2.45) is 0 Å². The molecule has 0 aromatic carbocycles. The third kappa shape index (κ3) is 1.67. The highest BCUT2D eigenvalue weighted by Gasteiger charge is 2.30. The lowest BCUT2D eigenvalue weighted by atomic mass is 10.1. The SMILES string of the molecule is CCC(C)(O)N1CCC=CC1=O. The van der Waals surface area contributed by atoms with Gasteiger partial charge in [-0.2, -0.15) is 0 Å². The number of carbonyl (C=O) groups excluding carboxylic acids is 1. The zero-order valence-electron chi connectivity index (χ0n) is 7.58. The molecule has 1 aliphatic heterocycles. The summed E-state index contributed by atoms with van der Waals surface area (Å²) in [5, 5.41) is 9.79. The Labute approximate surface area is 72.7 Å². The van der Waals surface area contributed by atoms with Crippen LogP contribution in [0.4, 0.5) is 0 Å². The Hall–Kier alpha value is -0.830. The van der Waals surface area contributed by atoms with E-state index in [-0.39, 0.29) is 5.91 Å². The largest absolute Gasteiger partial charge is 0.371 e. The van der Waals surface area contributed by atoms with Crippen LogP contribution in [0.2, 0.25) is 0 Å². The van der Waals surface area contributed by atoms with Crippen molar-refractivity contribution in [1.82, 2.24) is 4.90 Å². The van der Waals surface area contributed by atoms with Crippen molar-refractivity contribution in [3.63, 3.8) is 0 Å². The summed E-state index contributed by atoms with van der Waals surface area (Å²) in [6.45, 7) is 4.16. The minimum Gasteiger partial charge on any atom is -0.371 e. The van der Waals surface area contributed by atoms with Gasteiger partial charge in [-0.05, 0) is 25.8 Å². The molecule has 0 aliphatic carbocycles. The van der Waals surface area contributed by atoms with Gasteiger partial charge in [0.05, 0.1) is 0 Å². The molecule has 0 aromatic rings. The van der Waals surface area contributed by atoms with Gasteiger partial charge in [0.2, 0.25) is 5.91 Å². The minimum atomic E-state index is -0.984. The molecule has 1 unspecified atom stereocenters. The zero-order chi connectivity index (χ0) is 9.19. The summed E-state index contributed by atoms with van der Waals surface area (Å²) in [4.78, 5) is 12.8. The van der Waals surface area contributed by atoms with Crippen LogP contribution in [-0.2, 0) is 4.79 Å². The molecule has 1 N–H and O–H groups in total. The fraction of sp³-hybridized carbons (Fsp3) is 0.667. The van der Waals surface area contributed by atoms with Crippen LogP contribution < -0.4 is 0 Å². The summed E-state index contributed by atoms with van der Waals surface area (Å²) >= 11 is 0. The molecule has 1 rings (SSSR count). The van der Waals surface area contributed by atoms with Crippen LogP contribution in [-0.4, -0.2) is 28.2 Å². The molecular weight excluding hydrogens is 154 g/mol. The lowest BCUT2D eigenvalue weighted by Gasteiger charge is -2.37. The maximum absolute atomic E-state index is 11.3. The average Bonchev–Trinajstić information content (AvgIpc) is 2.05. The van der Waals surface area contributed by atoms with Crippen molar-refractivity contribution in [3.8, 4) is 0 Å². The first-order valence-electron chi connectivity index (χ1n) is 4.28. The Kier molecular flexibility index (Phi) is 2.52. The molecule has 0 spiro atoms. The fourth-order valence-corrected chi connectivity index (χ4v) is 1.26. The van der Waals surface area contributed by atoms with E-state index in [1.165, 1.54) is 11.0 Å². The number of nitrogens with zero attached hydrogens (tertiary/aromatic N) is 1. The van der Waals surface area contributed by atoms with Crippen molar-refractivity contribution >= 4 is 5.91 Å². The molecule has 0 aromatic heterocycles. The van der Waals surface area contributed by atoms with Gasteiger partial charge in [-0.25, -0.2) is 0 Å². The van der Waals surface area contributed by atoms with Crippen LogP contribution in [0.1, 0.15) is 26.7 Å². The second-order valence-corrected chi connectivity index (χ2v) is 3.25. The Morgan fingerprint density at radius 3 is 2.92 bits per heavy atom. The standard InChI is InChI=1S/C9H15NO2/c1-3-9(2,12)10-7-5-4-6-8(10)11/h4,6,12H,3,5,7H2,1-2H3. The van der Waals surface area contributed by atoms with E-state index in [1.54, 1.807) is 6.92 Å². The van der Waals surface area contributed by atoms with Crippen molar-refractivity contribution in [1.29, 1.82) is 0 Å². The van der Waals surface area contributed by atoms with Gasteiger partial charge in [0.25, 0.3) is 0 Å². The van der Waals surface area contributed by atoms with Crippen molar-refractivity contribution in [2.75, 3.05) is 6.54 Å². The van der Waals surface area contributed by atoms with Crippen LogP contribution in [0.15, 0.2) is 12.2 Å². The smallest absolute Gasteiger partial charge is 0.248 e. The Bertz CT molecular complexity index is 209. The number of aliphatic hydroxyl groups is 1. The van der Waals surface area contributed by atoms with E-state index >= 15 is 0 Å². The van der Waals surface area contributed by atoms with E-state index < -0.39 is 5.72 Å². The van der Waals surface area contributed by atoms with E-state index in [2.05, 4.69) is 0 Å². The lowest BCUT2D eigenvalue weighted by molar-refractivity contribution is -0.152. The second kappa shape index (κ2) is 3.27. The van der Waals surface area contributed by atoms with E-state index in [1.807, 2.05) is 13.0 Å². The predicted octanol–water partition coefficient (Wildman–Crippen LogP) is 0.893. The van der Waals surface area contributed by atoms with Crippen LogP contribution in [0.25, 0.3) is 0 Å². The molecule has 0 bridgehead atoms. The van der Waals surface area contributed by atoms with Gasteiger partial charge < -0.3 is 10.0 Å². The molecule has 1 heterocycles. The molecular formula is C9H15NO2. The molecule has 0 radical (unpaired) electrons. The Morgan fingerprint density at radius 1 is 1.75 bits per heavy atom. The molecule has 12 heavy (non-hydrogen) atoms. The first-order chi connectivity index (χ1) is 5.58. The molecule has 1 aliphatic rings. The predicted molar refractivity (Wildman–Crippen MR) is 46.4 cm³/mol. The normalized spacial score (nSPS) is 22.6. The van der Waals surface area contributed by atoms with Gasteiger partial charge in [0.1, 0.15) is 5.72 Å². The van der Waals surface area contributed by atoms with Gasteiger partial charge in [0, 0.05) is 6.54 Å². The number of hydrogen-bond acceptors (Lipinski definition) is 2. The highest BCUT2D eigenvalue weighted by molar-refractivity contribution is 5.88. The first kappa shape index (κ1) is 9.26. The van der Waals surface area contributed by atoms with Crippen molar-refractivity contribution < 1.29 is 9.90 Å². The van der Waals surface area contributed by atoms with Crippen LogP contribution in [0, 0.1) is 0 Å². The fourth-order valence-electron chi connectivity index (χ4n) is 1.26. The molecule has 0 fully saturated rings. The van der Waals surface area contributed by atoms with Gasteiger partial charge in [-0.1, -0.05) is 13.0 Å². The summed E-state index contributed by atoms with van der Waals surface area (Å²) in [7, 11) is 0. The summed E-state index contributed by atoms with van der Waals surface area (Å²) in [6, 6.07) is 0. The van der Waals surface area contributed by atoms with E-state index in [4.69, 9.17) is 0 Å². The molecule has 3 heteroatoms. The van der Waals surface area contributed by atoms with Gasteiger partial charge in [0.15, 0.2) is 0 Å². The molecule has 1 amide bonds. The summed E-state index contributed by atoms with van der Waals surface area (Å²) in [5.41, 5.74) is -0.984. The number of carbonyl (C=O) groups is 1. The van der Waals surface area contributed by atoms with Crippen LogP contribution in [0.3, 0.4) is 0 Å². The average molecular weight is 169 g/mol. The van der Waals surface area contributed by atoms with Crippen LogP contribution in [0.5, 0.6) is 0 Å². The molecule has 0 saturated heterocycles. The summed E-state index contributed by atoms with van der Waals surface area (Å²) < 4.78 is 0. The topological polar surface area (TPSA) is 40.5 Å². The van der Waals surface area contributed by atoms with Gasteiger partial charge in [-0.15, -0.1) is 0 Å². The third-order valence-electron chi connectivity index (χ3n) is 2.30. The summed E-state index contributed by atoms with van der Waals surface area (Å²) in [6.07, 6.45) is 4.76. The molecule has 68 valence electrons. The quantitative estimate of drug-likeness (QED) is 0.667. The van der Waals surface area contributed by atoms with Gasteiger partial charge in [-0.3, -0.25) is 4.79 Å². The Morgan fingerprint density at radius 2 is 2.42 bits per heavy atom. The maximum atomic E-state index is 11.3. The second-order valence-electron chi connectivity index (χ2n) is 3.25. The third-order valence-corrected chi connectivity index (χ3v) is 2.30. The lowest BCUT2D eigenvalue weighted by Crippen LogP contribution is -2.50. The van der Waals surface area contributed by atoms with Crippen LogP contribution >= 0.6 is 0 Å². The molecule has 1 atom stereocenters. The zero-order valence-corrected chi connectivity index (χ0v) is 7.58. The van der Waals surface area contributed by atoms with Crippen molar-refractivity contribution in [2.45, 2.75) is 32.4 Å². The highest BCUT2D eigenvalue weighted by atomic mass is 16.3. The Balaban J connectivity index is 2.75. The highest BCUT2D eigenvalue weighted by Crippen LogP contribution is 2.18. The maximum Gasteiger partial charge on any atom is 0.248 e. The van der Waals surface area contributed by atoms with Gasteiger partial charge >= 0.3 is 0 Å². The van der Waals surface area contributed by atoms with E-state index in [0.29, 0.717) is 13.0 Å². The number of hydrogen-bond donors (Lipinski definition) is 1. The molecule has 0 saturated carbocycles. The minimum absolute atomic E-state index is 0.0897.